The van der Waals surface area contributed by atoms with Crippen molar-refractivity contribution in [2.24, 2.45) is 5.41 Å². The van der Waals surface area contributed by atoms with Gasteiger partial charge in [-0.1, -0.05) is 47.5 Å². The molecule has 1 unspecified atom stereocenters. The third-order valence-corrected chi connectivity index (χ3v) is 6.45. The lowest BCUT2D eigenvalue weighted by Crippen LogP contribution is -2.39. The lowest BCUT2D eigenvalue weighted by Gasteiger charge is -2.19. The van der Waals surface area contributed by atoms with Gasteiger partial charge in [-0.15, -0.1) is 0 Å². The zero-order valence-electron chi connectivity index (χ0n) is 19.5. The van der Waals surface area contributed by atoms with Crippen molar-refractivity contribution in [3.8, 4) is 0 Å². The van der Waals surface area contributed by atoms with Crippen molar-refractivity contribution in [3.05, 3.63) is 74.8 Å². The van der Waals surface area contributed by atoms with Crippen molar-refractivity contribution >= 4 is 41.0 Å². The van der Waals surface area contributed by atoms with Gasteiger partial charge < -0.3 is 5.32 Å². The second kappa shape index (κ2) is 11.0. The summed E-state index contributed by atoms with van der Waals surface area (Å²) in [5.74, 6) is -4.51. The Morgan fingerprint density at radius 1 is 0.923 bits per heavy atom. The maximum absolute atomic E-state index is 13.8. The summed E-state index contributed by atoms with van der Waals surface area (Å²) in [5, 5.41) is 1.48. The summed E-state index contributed by atoms with van der Waals surface area (Å²) in [6, 6.07) is 5.45. The van der Waals surface area contributed by atoms with Crippen LogP contribution in [0.2, 0.25) is 10.0 Å². The molecule has 0 bridgehead atoms. The van der Waals surface area contributed by atoms with Crippen LogP contribution in [-0.4, -0.2) is 30.6 Å². The van der Waals surface area contributed by atoms with Gasteiger partial charge in [0.25, 0.3) is 0 Å². The summed E-state index contributed by atoms with van der Waals surface area (Å²) in [7, 11) is 0. The van der Waals surface area contributed by atoms with Crippen LogP contribution in [0.15, 0.2) is 42.5 Å². The highest BCUT2D eigenvalue weighted by atomic mass is 35.5. The Morgan fingerprint density at radius 3 is 2.00 bits per heavy atom. The van der Waals surface area contributed by atoms with Crippen LogP contribution in [0, 0.1) is 5.41 Å². The Labute approximate surface area is 226 Å². The first-order valence-corrected chi connectivity index (χ1v) is 11.9. The van der Waals surface area contributed by atoms with E-state index in [1.54, 1.807) is 5.32 Å². The van der Waals surface area contributed by atoms with E-state index < -0.39 is 65.6 Å². The summed E-state index contributed by atoms with van der Waals surface area (Å²) < 4.78 is 120. The molecule has 2 aromatic rings. The third kappa shape index (κ3) is 8.14. The number of amides is 1. The summed E-state index contributed by atoms with van der Waals surface area (Å²) >= 11 is 11.6. The molecule has 1 aliphatic rings. The number of hydrogen-bond acceptors (Lipinski definition) is 2. The summed E-state index contributed by atoms with van der Waals surface area (Å²) in [5.41, 5.74) is -4.54. The number of allylic oxidation sites excluding steroid dienone is 1. The monoisotopic (exact) mass is 605 g/mol. The van der Waals surface area contributed by atoms with Crippen molar-refractivity contribution in [3.63, 3.8) is 0 Å². The third-order valence-electron chi connectivity index (χ3n) is 6.01. The van der Waals surface area contributed by atoms with E-state index in [4.69, 9.17) is 23.2 Å². The average Bonchev–Trinajstić information content (AvgIpc) is 3.55. The van der Waals surface area contributed by atoms with Gasteiger partial charge in [-0.05, 0) is 48.2 Å². The molecule has 3 nitrogen and oxygen atoms in total. The smallest absolute Gasteiger partial charge is 0.346 e. The molecule has 39 heavy (non-hydrogen) atoms. The molecule has 1 saturated carbocycles. The van der Waals surface area contributed by atoms with E-state index in [1.165, 1.54) is 6.07 Å². The normalized spacial score (nSPS) is 16.3. The molecule has 0 spiro atoms. The first-order chi connectivity index (χ1) is 17.8. The highest BCUT2D eigenvalue weighted by Crippen LogP contribution is 2.50. The fourth-order valence-corrected chi connectivity index (χ4v) is 4.46. The van der Waals surface area contributed by atoms with Gasteiger partial charge in [0, 0.05) is 22.0 Å². The van der Waals surface area contributed by atoms with Crippen LogP contribution in [0.25, 0.3) is 6.08 Å². The Kier molecular flexibility index (Phi) is 8.72. The molecule has 212 valence electrons. The van der Waals surface area contributed by atoms with Crippen molar-refractivity contribution in [2.75, 3.05) is 6.54 Å². The highest BCUT2D eigenvalue weighted by Gasteiger charge is 2.52. The second-order valence-electron chi connectivity index (χ2n) is 9.06. The first-order valence-electron chi connectivity index (χ1n) is 11.1. The van der Waals surface area contributed by atoms with Gasteiger partial charge in [0.1, 0.15) is 6.54 Å². The quantitative estimate of drug-likeness (QED) is 0.242. The Bertz CT molecular complexity index is 1260. The molecule has 0 heterocycles. The topological polar surface area (TPSA) is 46.2 Å². The van der Waals surface area contributed by atoms with Gasteiger partial charge >= 0.3 is 18.5 Å². The number of benzene rings is 2. The van der Waals surface area contributed by atoms with Crippen LogP contribution < -0.4 is 5.32 Å². The summed E-state index contributed by atoms with van der Waals surface area (Å²) in [4.78, 5) is 24.9. The predicted octanol–water partition coefficient (Wildman–Crippen LogP) is 8.40. The Morgan fingerprint density at radius 2 is 1.51 bits per heavy atom. The van der Waals surface area contributed by atoms with E-state index in [0.717, 1.165) is 30.3 Å². The fraction of sp³-hybridized carbons (Fsp3) is 0.360. The maximum atomic E-state index is 13.8. The molecule has 1 amide bonds. The molecule has 2 aromatic carbocycles. The molecule has 0 aromatic heterocycles. The number of ketones is 1. The lowest BCUT2D eigenvalue weighted by molar-refractivity contribution is -0.141. The van der Waals surface area contributed by atoms with Gasteiger partial charge in [-0.2, -0.15) is 39.5 Å². The van der Waals surface area contributed by atoms with Crippen LogP contribution in [-0.2, 0) is 11.0 Å². The van der Waals surface area contributed by atoms with Gasteiger partial charge in [0.05, 0.1) is 16.9 Å². The zero-order valence-corrected chi connectivity index (χ0v) is 21.0. The SMILES string of the molecule is O=C(CC1(C(=O)NCC(F)(F)F)CC1)c1ccc(/C=C/C(c2cc(Cl)cc(Cl)c2)C(F)(F)F)cc1C(F)(F)F. The molecule has 14 heteroatoms. The van der Waals surface area contributed by atoms with E-state index in [9.17, 15) is 49.1 Å². The summed E-state index contributed by atoms with van der Waals surface area (Å²) in [6.07, 6.45) is -14.0. The molecule has 1 atom stereocenters. The molecule has 3 rings (SSSR count). The van der Waals surface area contributed by atoms with Gasteiger partial charge in [-0.3, -0.25) is 9.59 Å². The van der Waals surface area contributed by atoms with Crippen molar-refractivity contribution in [1.82, 2.24) is 5.32 Å². The van der Waals surface area contributed by atoms with Crippen molar-refractivity contribution in [1.29, 1.82) is 0 Å². The number of alkyl halides is 9. The van der Waals surface area contributed by atoms with Gasteiger partial charge in [-0.25, -0.2) is 0 Å². The number of halogens is 11. The number of hydrogen-bond donors (Lipinski definition) is 1. The van der Waals surface area contributed by atoms with Crippen molar-refractivity contribution in [2.45, 2.75) is 43.7 Å². The number of carbonyl (C=O) groups excluding carboxylic acids is 2. The Hall–Kier alpha value is -2.73. The van der Waals surface area contributed by atoms with Gasteiger partial charge in [0.15, 0.2) is 5.78 Å². The zero-order chi connectivity index (χ0) is 29.4. The highest BCUT2D eigenvalue weighted by molar-refractivity contribution is 6.34. The largest absolute Gasteiger partial charge is 0.417 e. The minimum atomic E-state index is -5.10. The van der Waals surface area contributed by atoms with E-state index in [-0.39, 0.29) is 34.0 Å². The van der Waals surface area contributed by atoms with E-state index in [2.05, 4.69) is 0 Å². The number of Topliss-reactive ketones (excluding diaryl/α,β-unsaturated/α-hetero) is 1. The molecule has 1 N–H and O–H groups in total. The molecule has 1 fully saturated rings. The number of nitrogens with one attached hydrogen (secondary N) is 1. The van der Waals surface area contributed by atoms with Crippen LogP contribution in [0.5, 0.6) is 0 Å². The molecular weight excluding hydrogens is 588 g/mol. The van der Waals surface area contributed by atoms with E-state index in [1.807, 2.05) is 0 Å². The van der Waals surface area contributed by atoms with Crippen LogP contribution in [0.4, 0.5) is 39.5 Å². The second-order valence-corrected chi connectivity index (χ2v) is 9.93. The van der Waals surface area contributed by atoms with E-state index >= 15 is 0 Å². The summed E-state index contributed by atoms with van der Waals surface area (Å²) in [6.45, 7) is -1.66. The van der Waals surface area contributed by atoms with Crippen molar-refractivity contribution < 1.29 is 49.1 Å². The molecule has 0 radical (unpaired) electrons. The Balaban J connectivity index is 1.89. The first kappa shape index (κ1) is 30.8. The minimum absolute atomic E-state index is 0.0109. The average molecular weight is 606 g/mol. The number of rotatable bonds is 8. The fourth-order valence-electron chi connectivity index (χ4n) is 3.92. The molecule has 0 saturated heterocycles. The lowest BCUT2D eigenvalue weighted by atomic mass is 9.91. The van der Waals surface area contributed by atoms with E-state index in [0.29, 0.717) is 12.1 Å². The van der Waals surface area contributed by atoms with Crippen LogP contribution in [0.3, 0.4) is 0 Å². The standard InChI is InChI=1S/C25H18Cl2F9NO2/c26-15-8-14(9-16(27)10-15)18(24(31,32)33)4-2-13-1-3-17(19(7-13)25(34,35)36)20(38)11-22(5-6-22)21(39)37-12-23(28,29)30/h1-4,7-10,18H,5-6,11-12H2,(H,37,39)/b4-2+. The van der Waals surface area contributed by atoms with Crippen LogP contribution in [0.1, 0.15) is 52.2 Å². The molecular formula is C25H18Cl2F9NO2. The molecule has 1 aliphatic carbocycles. The van der Waals surface area contributed by atoms with Crippen LogP contribution >= 0.6 is 23.2 Å². The maximum Gasteiger partial charge on any atom is 0.417 e. The minimum Gasteiger partial charge on any atom is -0.346 e. The number of carbonyl (C=O) groups is 2. The molecule has 0 aliphatic heterocycles. The predicted molar refractivity (Wildman–Crippen MR) is 125 cm³/mol. The van der Waals surface area contributed by atoms with Gasteiger partial charge in [0.2, 0.25) is 5.91 Å².